The molecule has 0 spiro atoms. The van der Waals surface area contributed by atoms with Gasteiger partial charge >= 0.3 is 5.97 Å². The smallest absolute Gasteiger partial charge is 0.338 e. The summed E-state index contributed by atoms with van der Waals surface area (Å²) in [7, 11) is 0. The SMILES string of the molecule is CC1=CNCN1C(CC(N)=O)N1c2c(C(=O)O)ccnc2NC1c1cccs1. The first-order chi connectivity index (χ1) is 13.5. The number of aromatic nitrogens is 1. The van der Waals surface area contributed by atoms with E-state index in [-0.39, 0.29) is 18.2 Å². The number of nitrogens with zero attached hydrogens (tertiary/aromatic N) is 3. The summed E-state index contributed by atoms with van der Waals surface area (Å²) in [6.45, 7) is 2.43. The van der Waals surface area contributed by atoms with E-state index >= 15 is 0 Å². The predicted octanol–water partition coefficient (Wildman–Crippen LogP) is 1.70. The number of nitrogens with one attached hydrogen (secondary N) is 2. The van der Waals surface area contributed by atoms with Gasteiger partial charge in [-0.05, 0) is 24.4 Å². The molecular formula is C18H20N6O3S. The van der Waals surface area contributed by atoms with Crippen LogP contribution in [0.2, 0.25) is 0 Å². The Kier molecular flexibility index (Phi) is 4.55. The molecule has 9 nitrogen and oxygen atoms in total. The highest BCUT2D eigenvalue weighted by Crippen LogP contribution is 2.46. The van der Waals surface area contributed by atoms with E-state index in [0.717, 1.165) is 10.6 Å². The maximum absolute atomic E-state index is 11.9. The zero-order chi connectivity index (χ0) is 19.8. The van der Waals surface area contributed by atoms with Crippen LogP contribution in [0.1, 0.15) is 34.7 Å². The molecule has 0 saturated heterocycles. The number of primary amides is 1. The van der Waals surface area contributed by atoms with Crippen molar-refractivity contribution in [3.63, 3.8) is 0 Å². The van der Waals surface area contributed by atoms with Crippen LogP contribution in [0, 0.1) is 0 Å². The lowest BCUT2D eigenvalue weighted by atomic mass is 10.1. The fourth-order valence-corrected chi connectivity index (χ4v) is 4.45. The number of nitrogens with two attached hydrogens (primary N) is 1. The lowest BCUT2D eigenvalue weighted by Gasteiger charge is -2.40. The number of hydrogen-bond donors (Lipinski definition) is 4. The van der Waals surface area contributed by atoms with Gasteiger partial charge in [0, 0.05) is 23.0 Å². The second kappa shape index (κ2) is 7.04. The lowest BCUT2D eigenvalue weighted by Crippen LogP contribution is -2.51. The third-order valence-electron chi connectivity index (χ3n) is 4.87. The van der Waals surface area contributed by atoms with Gasteiger partial charge in [-0.25, -0.2) is 9.78 Å². The van der Waals surface area contributed by atoms with Crippen LogP contribution < -0.4 is 21.3 Å². The Labute approximate surface area is 165 Å². The summed E-state index contributed by atoms with van der Waals surface area (Å²) in [6.07, 6.45) is 2.52. The van der Waals surface area contributed by atoms with Crippen molar-refractivity contribution in [3.8, 4) is 0 Å². The van der Waals surface area contributed by atoms with Crippen molar-refractivity contribution in [1.82, 2.24) is 15.2 Å². The molecule has 4 heterocycles. The first-order valence-corrected chi connectivity index (χ1v) is 9.61. The van der Waals surface area contributed by atoms with Crippen molar-refractivity contribution in [1.29, 1.82) is 0 Å². The van der Waals surface area contributed by atoms with E-state index in [9.17, 15) is 14.7 Å². The number of carboxylic acids is 1. The largest absolute Gasteiger partial charge is 0.478 e. The van der Waals surface area contributed by atoms with Gasteiger partial charge in [-0.1, -0.05) is 6.07 Å². The molecule has 2 aromatic rings. The number of anilines is 2. The Bertz CT molecular complexity index is 945. The second-order valence-corrected chi connectivity index (χ2v) is 7.58. The van der Waals surface area contributed by atoms with Gasteiger partial charge in [0.15, 0.2) is 5.82 Å². The summed E-state index contributed by atoms with van der Waals surface area (Å²) in [5, 5.41) is 18.2. The summed E-state index contributed by atoms with van der Waals surface area (Å²) >= 11 is 1.54. The van der Waals surface area contributed by atoms with Crippen LogP contribution in [0.4, 0.5) is 11.5 Å². The molecule has 0 bridgehead atoms. The van der Waals surface area contributed by atoms with E-state index in [1.807, 2.05) is 40.4 Å². The molecule has 0 fully saturated rings. The molecule has 0 radical (unpaired) electrons. The van der Waals surface area contributed by atoms with Gasteiger partial charge in [-0.15, -0.1) is 11.3 Å². The van der Waals surface area contributed by atoms with Gasteiger partial charge < -0.3 is 31.3 Å². The van der Waals surface area contributed by atoms with Gasteiger partial charge in [0.25, 0.3) is 0 Å². The molecule has 28 heavy (non-hydrogen) atoms. The van der Waals surface area contributed by atoms with Crippen LogP contribution in [-0.4, -0.2) is 39.7 Å². The Hall–Kier alpha value is -3.27. The van der Waals surface area contributed by atoms with Crippen molar-refractivity contribution in [2.24, 2.45) is 5.73 Å². The molecule has 146 valence electrons. The number of rotatable bonds is 6. The number of carbonyl (C=O) groups is 2. The van der Waals surface area contributed by atoms with Crippen LogP contribution in [0.25, 0.3) is 0 Å². The number of fused-ring (bicyclic) bond motifs is 1. The topological polar surface area (TPSA) is 124 Å². The molecule has 5 N–H and O–H groups in total. The Morgan fingerprint density at radius 2 is 2.29 bits per heavy atom. The van der Waals surface area contributed by atoms with Crippen LogP contribution in [0.5, 0.6) is 0 Å². The standard InChI is InChI=1S/C18H20N6O3S/c1-10-8-20-9-23(10)14(7-13(19)25)24-15-11(18(26)27)4-5-21-16(15)22-17(24)12-3-2-6-28-12/h2-6,8,14,17,20H,7,9H2,1H3,(H2,19,25)(H,21,22)(H,26,27). The normalized spacial score (nSPS) is 18.9. The highest BCUT2D eigenvalue weighted by Gasteiger charge is 2.42. The molecule has 2 aliphatic heterocycles. The minimum atomic E-state index is -1.05. The van der Waals surface area contributed by atoms with E-state index in [1.54, 1.807) is 11.3 Å². The van der Waals surface area contributed by atoms with Gasteiger partial charge in [0.1, 0.15) is 12.3 Å². The number of thiophene rings is 1. The number of allylic oxidation sites excluding steroid dienone is 1. The maximum atomic E-state index is 11.9. The van der Waals surface area contributed by atoms with Crippen molar-refractivity contribution >= 4 is 34.7 Å². The first kappa shape index (κ1) is 18.1. The van der Waals surface area contributed by atoms with E-state index in [4.69, 9.17) is 5.73 Å². The lowest BCUT2D eigenvalue weighted by molar-refractivity contribution is -0.119. The van der Waals surface area contributed by atoms with Crippen molar-refractivity contribution in [3.05, 3.63) is 52.1 Å². The Balaban J connectivity index is 1.87. The third kappa shape index (κ3) is 3.01. The molecule has 4 rings (SSSR count). The van der Waals surface area contributed by atoms with Gasteiger partial charge in [0.2, 0.25) is 5.91 Å². The average Bonchev–Trinajstić information content (AvgIpc) is 3.38. The summed E-state index contributed by atoms with van der Waals surface area (Å²) in [5.74, 6) is -1.05. The quantitative estimate of drug-likeness (QED) is 0.578. The molecule has 1 amide bonds. The minimum absolute atomic E-state index is 0.0316. The highest BCUT2D eigenvalue weighted by atomic mass is 32.1. The average molecular weight is 400 g/mol. The number of pyridine rings is 1. The monoisotopic (exact) mass is 400 g/mol. The first-order valence-electron chi connectivity index (χ1n) is 8.73. The minimum Gasteiger partial charge on any atom is -0.478 e. The molecule has 0 saturated carbocycles. The maximum Gasteiger partial charge on any atom is 0.338 e. The molecule has 2 atom stereocenters. The molecule has 2 aliphatic rings. The third-order valence-corrected chi connectivity index (χ3v) is 5.79. The van der Waals surface area contributed by atoms with Gasteiger partial charge in [0.05, 0.1) is 24.3 Å². The highest BCUT2D eigenvalue weighted by molar-refractivity contribution is 7.10. The predicted molar refractivity (Wildman–Crippen MR) is 106 cm³/mol. The van der Waals surface area contributed by atoms with E-state index in [1.165, 1.54) is 12.3 Å². The van der Waals surface area contributed by atoms with Crippen LogP contribution in [0.3, 0.4) is 0 Å². The number of hydrogen-bond acceptors (Lipinski definition) is 8. The molecule has 10 heteroatoms. The van der Waals surface area contributed by atoms with Gasteiger partial charge in [-0.3, -0.25) is 4.79 Å². The molecule has 2 unspecified atom stereocenters. The Morgan fingerprint density at radius 1 is 1.46 bits per heavy atom. The number of amides is 1. The Morgan fingerprint density at radius 3 is 2.89 bits per heavy atom. The summed E-state index contributed by atoms with van der Waals surface area (Å²) < 4.78 is 0. The fourth-order valence-electron chi connectivity index (χ4n) is 3.68. The summed E-state index contributed by atoms with van der Waals surface area (Å²) in [5.41, 5.74) is 7.09. The van der Waals surface area contributed by atoms with Crippen molar-refractivity contribution in [2.45, 2.75) is 25.7 Å². The number of carbonyl (C=O) groups excluding carboxylic acids is 1. The fraction of sp³-hybridized carbons (Fsp3) is 0.278. The number of carboxylic acid groups (broad SMARTS) is 1. The molecule has 0 aliphatic carbocycles. The van der Waals surface area contributed by atoms with E-state index in [0.29, 0.717) is 18.2 Å². The summed E-state index contributed by atoms with van der Waals surface area (Å²) in [6, 6.07) is 5.37. The second-order valence-electron chi connectivity index (χ2n) is 6.60. The zero-order valence-corrected chi connectivity index (χ0v) is 15.9. The zero-order valence-electron chi connectivity index (χ0n) is 15.1. The van der Waals surface area contributed by atoms with Crippen LogP contribution >= 0.6 is 11.3 Å². The summed E-state index contributed by atoms with van der Waals surface area (Å²) in [4.78, 5) is 33.1. The molecular weight excluding hydrogens is 380 g/mol. The van der Waals surface area contributed by atoms with Crippen molar-refractivity contribution in [2.75, 3.05) is 16.9 Å². The van der Waals surface area contributed by atoms with Crippen LogP contribution in [0.15, 0.2) is 41.7 Å². The molecule has 2 aromatic heterocycles. The van der Waals surface area contributed by atoms with E-state index < -0.39 is 18.0 Å². The van der Waals surface area contributed by atoms with E-state index in [2.05, 4.69) is 15.6 Å². The molecule has 0 aromatic carbocycles. The van der Waals surface area contributed by atoms with Gasteiger partial charge in [-0.2, -0.15) is 0 Å². The van der Waals surface area contributed by atoms with Crippen molar-refractivity contribution < 1.29 is 14.7 Å². The number of aromatic carboxylic acids is 1. The van der Waals surface area contributed by atoms with Crippen LogP contribution in [-0.2, 0) is 4.79 Å².